The van der Waals surface area contributed by atoms with Gasteiger partial charge >= 0.3 is 0 Å². The van der Waals surface area contributed by atoms with E-state index >= 15 is 0 Å². The van der Waals surface area contributed by atoms with E-state index in [4.69, 9.17) is 5.11 Å². The van der Waals surface area contributed by atoms with Gasteiger partial charge in [-0.15, -0.1) is 0 Å². The van der Waals surface area contributed by atoms with E-state index in [-0.39, 0.29) is 12.6 Å². The minimum absolute atomic E-state index is 0.150. The van der Waals surface area contributed by atoms with E-state index in [1.165, 1.54) is 0 Å². The number of rotatable bonds is 3. The summed E-state index contributed by atoms with van der Waals surface area (Å²) in [6, 6.07) is 0. The van der Waals surface area contributed by atoms with Crippen molar-refractivity contribution >= 4 is 5.91 Å². The summed E-state index contributed by atoms with van der Waals surface area (Å²) < 4.78 is 0. The van der Waals surface area contributed by atoms with Crippen molar-refractivity contribution in [3.63, 3.8) is 0 Å². The van der Waals surface area contributed by atoms with Crippen molar-refractivity contribution in [1.82, 2.24) is 5.32 Å². The highest BCUT2D eigenvalue weighted by atomic mass is 16.3. The summed E-state index contributed by atoms with van der Waals surface area (Å²) in [6.45, 7) is 3.19. The highest BCUT2D eigenvalue weighted by molar-refractivity contribution is 5.75. The molecule has 0 aliphatic carbocycles. The molecular formula is C5H10NO2. The Labute approximate surface area is 48.7 Å². The second kappa shape index (κ2) is 4.59. The zero-order valence-corrected chi connectivity index (χ0v) is 4.68. The fourth-order valence-electron chi connectivity index (χ4n) is 0.337. The van der Waals surface area contributed by atoms with Crippen LogP contribution in [0.2, 0.25) is 0 Å². The van der Waals surface area contributed by atoms with E-state index in [2.05, 4.69) is 12.2 Å². The Balaban J connectivity index is 3.06. The SMILES string of the molecule is [CH2]CCC(=O)NCO. The number of nitrogens with one attached hydrogen (secondary N) is 1. The maximum atomic E-state index is 10.3. The first-order valence-corrected chi connectivity index (χ1v) is 2.48. The first-order chi connectivity index (χ1) is 3.81. The molecule has 0 aliphatic rings. The third-order valence-corrected chi connectivity index (χ3v) is 0.680. The monoisotopic (exact) mass is 116 g/mol. The number of hydrogen-bond acceptors (Lipinski definition) is 2. The summed E-state index contributed by atoms with van der Waals surface area (Å²) in [5.74, 6) is -0.150. The summed E-state index contributed by atoms with van der Waals surface area (Å²) >= 11 is 0. The third kappa shape index (κ3) is 3.61. The molecule has 0 bridgehead atoms. The van der Waals surface area contributed by atoms with Crippen molar-refractivity contribution in [3.05, 3.63) is 6.92 Å². The number of aliphatic hydroxyl groups excluding tert-OH is 1. The highest BCUT2D eigenvalue weighted by Gasteiger charge is 1.93. The summed E-state index contributed by atoms with van der Waals surface area (Å²) in [5, 5.41) is 10.3. The number of carbonyl (C=O) groups excluding carboxylic acids is 1. The first kappa shape index (κ1) is 7.43. The summed E-state index contributed by atoms with van der Waals surface area (Å²) in [6.07, 6.45) is 0.965. The van der Waals surface area contributed by atoms with Crippen LogP contribution in [0, 0.1) is 6.92 Å². The van der Waals surface area contributed by atoms with E-state index in [1.807, 2.05) is 0 Å². The Morgan fingerprint density at radius 2 is 2.38 bits per heavy atom. The number of hydrogen-bond donors (Lipinski definition) is 2. The first-order valence-electron chi connectivity index (χ1n) is 2.48. The Morgan fingerprint density at radius 3 is 2.75 bits per heavy atom. The molecule has 1 amide bonds. The molecule has 3 nitrogen and oxygen atoms in total. The Morgan fingerprint density at radius 1 is 1.75 bits per heavy atom. The molecule has 0 aliphatic heterocycles. The van der Waals surface area contributed by atoms with E-state index in [0.717, 1.165) is 0 Å². The lowest BCUT2D eigenvalue weighted by Crippen LogP contribution is -2.23. The molecule has 1 radical (unpaired) electrons. The van der Waals surface area contributed by atoms with Gasteiger partial charge in [-0.2, -0.15) is 0 Å². The van der Waals surface area contributed by atoms with Gasteiger partial charge in [-0.1, -0.05) is 6.92 Å². The molecule has 0 atom stereocenters. The molecular weight excluding hydrogens is 106 g/mol. The van der Waals surface area contributed by atoms with Gasteiger partial charge in [0.1, 0.15) is 6.73 Å². The highest BCUT2D eigenvalue weighted by Crippen LogP contribution is 1.82. The zero-order chi connectivity index (χ0) is 6.41. The summed E-state index contributed by atoms with van der Waals surface area (Å²) in [5.41, 5.74) is 0. The van der Waals surface area contributed by atoms with Crippen molar-refractivity contribution in [2.75, 3.05) is 6.73 Å². The molecule has 0 saturated carbocycles. The predicted octanol–water partition coefficient (Wildman–Crippen LogP) is -0.333. The average molecular weight is 116 g/mol. The molecule has 3 heteroatoms. The van der Waals surface area contributed by atoms with Crippen LogP contribution in [-0.4, -0.2) is 17.7 Å². The van der Waals surface area contributed by atoms with Crippen molar-refractivity contribution < 1.29 is 9.90 Å². The minimum Gasteiger partial charge on any atom is -0.377 e. The molecule has 47 valence electrons. The van der Waals surface area contributed by atoms with Gasteiger partial charge in [0.2, 0.25) is 5.91 Å². The van der Waals surface area contributed by atoms with Crippen LogP contribution in [0.15, 0.2) is 0 Å². The van der Waals surface area contributed by atoms with Crippen molar-refractivity contribution in [2.45, 2.75) is 12.8 Å². The molecule has 0 aromatic heterocycles. The topological polar surface area (TPSA) is 49.3 Å². The largest absolute Gasteiger partial charge is 0.377 e. The fraction of sp³-hybridized carbons (Fsp3) is 0.600. The van der Waals surface area contributed by atoms with Crippen LogP contribution in [-0.2, 0) is 4.79 Å². The van der Waals surface area contributed by atoms with Gasteiger partial charge in [0.25, 0.3) is 0 Å². The standard InChI is InChI=1S/C5H10NO2/c1-2-3-5(8)6-4-7/h7H,1-4H2,(H,6,8). The normalized spacial score (nSPS) is 8.75. The summed E-state index contributed by atoms with van der Waals surface area (Å²) in [4.78, 5) is 10.3. The number of carbonyl (C=O) groups is 1. The van der Waals surface area contributed by atoms with Gasteiger partial charge in [0.05, 0.1) is 0 Å². The average Bonchev–Trinajstić information content (AvgIpc) is 1.68. The lowest BCUT2D eigenvalue weighted by Gasteiger charge is -1.95. The van der Waals surface area contributed by atoms with Crippen molar-refractivity contribution in [3.8, 4) is 0 Å². The van der Waals surface area contributed by atoms with Crippen LogP contribution in [0.1, 0.15) is 12.8 Å². The van der Waals surface area contributed by atoms with Crippen LogP contribution in [0.5, 0.6) is 0 Å². The molecule has 0 aromatic carbocycles. The van der Waals surface area contributed by atoms with Gasteiger partial charge in [-0.25, -0.2) is 0 Å². The third-order valence-electron chi connectivity index (χ3n) is 0.680. The van der Waals surface area contributed by atoms with Gasteiger partial charge in [-0.05, 0) is 6.42 Å². The molecule has 0 rings (SSSR count). The maximum absolute atomic E-state index is 10.3. The van der Waals surface area contributed by atoms with Crippen molar-refractivity contribution in [1.29, 1.82) is 0 Å². The molecule has 8 heavy (non-hydrogen) atoms. The lowest BCUT2D eigenvalue weighted by molar-refractivity contribution is -0.122. The molecule has 0 spiro atoms. The Bertz CT molecular complexity index is 64.8. The van der Waals surface area contributed by atoms with E-state index in [9.17, 15) is 4.79 Å². The van der Waals surface area contributed by atoms with E-state index in [1.54, 1.807) is 0 Å². The minimum atomic E-state index is -0.279. The lowest BCUT2D eigenvalue weighted by atomic mass is 10.3. The van der Waals surface area contributed by atoms with Crippen LogP contribution < -0.4 is 5.32 Å². The van der Waals surface area contributed by atoms with Gasteiger partial charge < -0.3 is 10.4 Å². The molecule has 0 saturated heterocycles. The molecule has 0 fully saturated rings. The fourth-order valence-corrected chi connectivity index (χ4v) is 0.337. The van der Waals surface area contributed by atoms with Crippen LogP contribution in [0.3, 0.4) is 0 Å². The molecule has 0 aromatic rings. The summed E-state index contributed by atoms with van der Waals surface area (Å²) in [7, 11) is 0. The number of amides is 1. The van der Waals surface area contributed by atoms with Gasteiger partial charge in [0.15, 0.2) is 0 Å². The zero-order valence-electron chi connectivity index (χ0n) is 4.68. The van der Waals surface area contributed by atoms with E-state index in [0.29, 0.717) is 12.8 Å². The van der Waals surface area contributed by atoms with Gasteiger partial charge in [-0.3, -0.25) is 4.79 Å². The quantitative estimate of drug-likeness (QED) is 0.496. The molecule has 2 N–H and O–H groups in total. The van der Waals surface area contributed by atoms with Crippen LogP contribution in [0.25, 0.3) is 0 Å². The molecule has 0 heterocycles. The van der Waals surface area contributed by atoms with Gasteiger partial charge in [0, 0.05) is 6.42 Å². The Hall–Kier alpha value is -0.570. The number of aliphatic hydroxyl groups is 1. The van der Waals surface area contributed by atoms with Crippen molar-refractivity contribution in [2.24, 2.45) is 0 Å². The second-order valence-electron chi connectivity index (χ2n) is 1.36. The second-order valence-corrected chi connectivity index (χ2v) is 1.36. The Kier molecular flexibility index (Phi) is 4.26. The predicted molar refractivity (Wildman–Crippen MR) is 29.8 cm³/mol. The van der Waals surface area contributed by atoms with Crippen LogP contribution in [0.4, 0.5) is 0 Å². The molecule has 0 unspecified atom stereocenters. The smallest absolute Gasteiger partial charge is 0.221 e. The van der Waals surface area contributed by atoms with E-state index < -0.39 is 0 Å². The van der Waals surface area contributed by atoms with Crippen LogP contribution >= 0.6 is 0 Å². The maximum Gasteiger partial charge on any atom is 0.221 e.